The lowest BCUT2D eigenvalue weighted by molar-refractivity contribution is -0.118. The van der Waals surface area contributed by atoms with E-state index in [1.165, 1.54) is 24.9 Å². The molecule has 6 heteroatoms. The van der Waals surface area contributed by atoms with Crippen molar-refractivity contribution in [1.29, 1.82) is 0 Å². The molecule has 0 spiro atoms. The molecular weight excluding hydrogens is 312 g/mol. The van der Waals surface area contributed by atoms with Crippen LogP contribution < -0.4 is 5.32 Å². The van der Waals surface area contributed by atoms with E-state index < -0.39 is 5.97 Å². The minimum absolute atomic E-state index is 0.0692. The molecule has 1 saturated heterocycles. The number of aryl methyl sites for hydroxylation is 1. The topological polar surface area (TPSA) is 58.6 Å². The number of likely N-dealkylation sites (tertiary alicyclic amines) is 1. The number of nitrogens with zero attached hydrogens (tertiary/aromatic N) is 1. The number of ether oxygens (including phenoxy) is 1. The van der Waals surface area contributed by atoms with Crippen LogP contribution in [0, 0.1) is 0 Å². The van der Waals surface area contributed by atoms with Crippen molar-refractivity contribution >= 4 is 28.2 Å². The van der Waals surface area contributed by atoms with Crippen molar-refractivity contribution in [3.63, 3.8) is 0 Å². The van der Waals surface area contributed by atoms with Gasteiger partial charge in [-0.05, 0) is 39.2 Å². The Kier molecular flexibility index (Phi) is 6.18. The molecule has 1 N–H and O–H groups in total. The van der Waals surface area contributed by atoms with Gasteiger partial charge in [0.2, 0.25) is 5.91 Å². The van der Waals surface area contributed by atoms with Crippen LogP contribution in [0.15, 0.2) is 6.07 Å². The van der Waals surface area contributed by atoms with E-state index in [-0.39, 0.29) is 5.91 Å². The predicted molar refractivity (Wildman–Crippen MR) is 93.1 cm³/mol. The Morgan fingerprint density at radius 2 is 2.00 bits per heavy atom. The smallest absolute Gasteiger partial charge is 0.340 e. The van der Waals surface area contributed by atoms with Crippen LogP contribution in [0.2, 0.25) is 0 Å². The average Bonchev–Trinajstić information content (AvgIpc) is 2.93. The molecule has 2 rings (SSSR count). The first-order valence-corrected chi connectivity index (χ1v) is 9.04. The van der Waals surface area contributed by atoms with Crippen molar-refractivity contribution in [1.82, 2.24) is 4.90 Å². The molecule has 1 fully saturated rings. The molecule has 5 nitrogen and oxygen atoms in total. The van der Waals surface area contributed by atoms with Crippen LogP contribution in [0.5, 0.6) is 0 Å². The minimum Gasteiger partial charge on any atom is -0.465 e. The Labute approximate surface area is 142 Å². The third-order valence-corrected chi connectivity index (χ3v) is 5.69. The number of thiophene rings is 1. The van der Waals surface area contributed by atoms with Gasteiger partial charge in [0.1, 0.15) is 5.00 Å². The monoisotopic (exact) mass is 338 g/mol. The SMILES string of the molecule is CCc1cc(C(=O)OC)c(NC(=O)CN2C(C)CCCC2C)s1. The number of methoxy groups -OCH3 is 1. The van der Waals surface area contributed by atoms with Crippen LogP contribution in [0.4, 0.5) is 5.00 Å². The second kappa shape index (κ2) is 7.93. The Hall–Kier alpha value is -1.40. The molecule has 0 bridgehead atoms. The van der Waals surface area contributed by atoms with Gasteiger partial charge < -0.3 is 10.1 Å². The summed E-state index contributed by atoms with van der Waals surface area (Å²) in [6.07, 6.45) is 4.30. The van der Waals surface area contributed by atoms with Crippen molar-refractivity contribution in [2.24, 2.45) is 0 Å². The number of nitrogens with one attached hydrogen (secondary N) is 1. The number of carbonyl (C=O) groups excluding carboxylic acids is 2. The van der Waals surface area contributed by atoms with E-state index in [0.717, 1.165) is 24.1 Å². The summed E-state index contributed by atoms with van der Waals surface area (Å²) in [5.74, 6) is -0.476. The standard InChI is InChI=1S/C17H26N2O3S/c1-5-13-9-14(17(21)22-4)16(23-13)18-15(20)10-19-11(2)7-6-8-12(19)3/h9,11-12H,5-8,10H2,1-4H3,(H,18,20). The average molecular weight is 338 g/mol. The number of carbonyl (C=O) groups is 2. The molecule has 2 atom stereocenters. The molecule has 1 aromatic heterocycles. The number of hydrogen-bond donors (Lipinski definition) is 1. The molecule has 2 unspecified atom stereocenters. The second-order valence-electron chi connectivity index (χ2n) is 6.15. The first-order valence-electron chi connectivity index (χ1n) is 8.22. The van der Waals surface area contributed by atoms with Crippen molar-refractivity contribution in [2.75, 3.05) is 19.0 Å². The number of anilines is 1. The van der Waals surface area contributed by atoms with Gasteiger partial charge in [0.05, 0.1) is 19.2 Å². The normalized spacial score (nSPS) is 21.9. The quantitative estimate of drug-likeness (QED) is 0.837. The van der Waals surface area contributed by atoms with Gasteiger partial charge in [-0.15, -0.1) is 11.3 Å². The van der Waals surface area contributed by atoms with Crippen LogP contribution in [-0.2, 0) is 16.0 Å². The highest BCUT2D eigenvalue weighted by Gasteiger charge is 2.27. The lowest BCUT2D eigenvalue weighted by atomic mass is 9.97. The van der Waals surface area contributed by atoms with Crippen molar-refractivity contribution in [3.8, 4) is 0 Å². The Morgan fingerprint density at radius 1 is 1.35 bits per heavy atom. The molecule has 1 amide bonds. The molecule has 1 aliphatic rings. The van der Waals surface area contributed by atoms with E-state index in [2.05, 4.69) is 24.1 Å². The van der Waals surface area contributed by atoms with Crippen LogP contribution in [0.25, 0.3) is 0 Å². The highest BCUT2D eigenvalue weighted by atomic mass is 32.1. The second-order valence-corrected chi connectivity index (χ2v) is 7.29. The zero-order valence-electron chi connectivity index (χ0n) is 14.3. The van der Waals surface area contributed by atoms with E-state index in [1.807, 2.05) is 6.92 Å². The summed E-state index contributed by atoms with van der Waals surface area (Å²) in [6, 6.07) is 2.64. The number of amides is 1. The van der Waals surface area contributed by atoms with Gasteiger partial charge in [0, 0.05) is 17.0 Å². The van der Waals surface area contributed by atoms with Crippen LogP contribution in [0.1, 0.15) is 55.3 Å². The van der Waals surface area contributed by atoms with Gasteiger partial charge in [-0.3, -0.25) is 9.69 Å². The van der Waals surface area contributed by atoms with Gasteiger partial charge in [0.15, 0.2) is 0 Å². The molecule has 0 aromatic carbocycles. The fourth-order valence-electron chi connectivity index (χ4n) is 3.09. The summed E-state index contributed by atoms with van der Waals surface area (Å²) in [4.78, 5) is 27.6. The molecule has 1 aromatic rings. The largest absolute Gasteiger partial charge is 0.465 e. The molecule has 1 aliphatic heterocycles. The summed E-state index contributed by atoms with van der Waals surface area (Å²) in [5, 5.41) is 3.50. The molecule has 0 radical (unpaired) electrons. The third-order valence-electron chi connectivity index (χ3n) is 4.49. The third kappa shape index (κ3) is 4.32. The lowest BCUT2D eigenvalue weighted by Crippen LogP contribution is -2.47. The zero-order chi connectivity index (χ0) is 17.0. The van der Waals surface area contributed by atoms with Crippen LogP contribution >= 0.6 is 11.3 Å². The summed E-state index contributed by atoms with van der Waals surface area (Å²) in [6.45, 7) is 6.73. The first kappa shape index (κ1) is 17.9. The highest BCUT2D eigenvalue weighted by Crippen LogP contribution is 2.29. The highest BCUT2D eigenvalue weighted by molar-refractivity contribution is 7.16. The predicted octanol–water partition coefficient (Wildman–Crippen LogP) is 3.30. The van der Waals surface area contributed by atoms with Crippen molar-refractivity contribution in [3.05, 3.63) is 16.5 Å². The minimum atomic E-state index is -0.407. The van der Waals surface area contributed by atoms with Gasteiger partial charge in [-0.1, -0.05) is 13.3 Å². The molecule has 2 heterocycles. The molecule has 23 heavy (non-hydrogen) atoms. The molecule has 0 aliphatic carbocycles. The number of piperidine rings is 1. The number of esters is 1. The van der Waals surface area contributed by atoms with Gasteiger partial charge in [-0.25, -0.2) is 4.79 Å². The molecular formula is C17H26N2O3S. The fraction of sp³-hybridized carbons (Fsp3) is 0.647. The summed E-state index contributed by atoms with van der Waals surface area (Å²) < 4.78 is 4.81. The zero-order valence-corrected chi connectivity index (χ0v) is 15.2. The van der Waals surface area contributed by atoms with Gasteiger partial charge >= 0.3 is 5.97 Å². The maximum atomic E-state index is 12.4. The van der Waals surface area contributed by atoms with E-state index >= 15 is 0 Å². The molecule has 0 saturated carbocycles. The van der Waals surface area contributed by atoms with Crippen molar-refractivity contribution in [2.45, 2.75) is 58.5 Å². The maximum absolute atomic E-state index is 12.4. The Bertz CT molecular complexity index is 560. The number of rotatable bonds is 5. The summed E-state index contributed by atoms with van der Waals surface area (Å²) in [7, 11) is 1.36. The Balaban J connectivity index is 2.07. The van der Waals surface area contributed by atoms with E-state index in [0.29, 0.717) is 29.2 Å². The fourth-order valence-corrected chi connectivity index (χ4v) is 4.09. The summed E-state index contributed by atoms with van der Waals surface area (Å²) >= 11 is 1.44. The summed E-state index contributed by atoms with van der Waals surface area (Å²) in [5.41, 5.74) is 0.447. The van der Waals surface area contributed by atoms with Gasteiger partial charge in [-0.2, -0.15) is 0 Å². The van der Waals surface area contributed by atoms with E-state index in [1.54, 1.807) is 6.07 Å². The molecule has 128 valence electrons. The van der Waals surface area contributed by atoms with Crippen LogP contribution in [0.3, 0.4) is 0 Å². The van der Waals surface area contributed by atoms with Gasteiger partial charge in [0.25, 0.3) is 0 Å². The van der Waals surface area contributed by atoms with E-state index in [4.69, 9.17) is 4.74 Å². The number of hydrogen-bond acceptors (Lipinski definition) is 5. The van der Waals surface area contributed by atoms with Crippen molar-refractivity contribution < 1.29 is 14.3 Å². The van der Waals surface area contributed by atoms with Crippen LogP contribution in [-0.4, -0.2) is 42.5 Å². The maximum Gasteiger partial charge on any atom is 0.340 e. The first-order chi connectivity index (χ1) is 11.0. The van der Waals surface area contributed by atoms with E-state index in [9.17, 15) is 9.59 Å². The Morgan fingerprint density at radius 3 is 2.57 bits per heavy atom. The lowest BCUT2D eigenvalue weighted by Gasteiger charge is -2.38.